The van der Waals surface area contributed by atoms with Gasteiger partial charge in [-0.05, 0) is 49.6 Å². The fourth-order valence-corrected chi connectivity index (χ4v) is 2.93. The molecule has 0 saturated heterocycles. The minimum atomic E-state index is 0.536. The fourth-order valence-electron chi connectivity index (χ4n) is 2.93. The third-order valence-electron chi connectivity index (χ3n) is 4.50. The van der Waals surface area contributed by atoms with Crippen molar-refractivity contribution in [3.8, 4) is 11.5 Å². The van der Waals surface area contributed by atoms with Crippen molar-refractivity contribution < 1.29 is 14.2 Å². The molecule has 0 atom stereocenters. The predicted octanol–water partition coefficient (Wildman–Crippen LogP) is 3.59. The average Bonchev–Trinajstić information content (AvgIpc) is 2.72. The SMILES string of the molecule is CCOCCOc1cc(C)ccc1CNC(=NC)NCc1ccc(OC)c(C)c1. The fraction of sp³-hybridized carbons (Fsp3) is 0.435. The minimum Gasteiger partial charge on any atom is -0.496 e. The van der Waals surface area contributed by atoms with Crippen LogP contribution >= 0.6 is 0 Å². The molecule has 2 aromatic carbocycles. The highest BCUT2D eigenvalue weighted by Crippen LogP contribution is 2.20. The normalized spacial score (nSPS) is 11.3. The van der Waals surface area contributed by atoms with Crippen molar-refractivity contribution in [1.82, 2.24) is 10.6 Å². The Hall–Kier alpha value is -2.73. The van der Waals surface area contributed by atoms with E-state index in [1.165, 1.54) is 5.56 Å². The maximum atomic E-state index is 5.91. The summed E-state index contributed by atoms with van der Waals surface area (Å²) in [7, 11) is 3.45. The van der Waals surface area contributed by atoms with Crippen molar-refractivity contribution in [2.45, 2.75) is 33.9 Å². The number of aliphatic imine (C=N–C) groups is 1. The summed E-state index contributed by atoms with van der Waals surface area (Å²) >= 11 is 0. The first-order chi connectivity index (χ1) is 14.1. The number of hydrogen-bond acceptors (Lipinski definition) is 4. The van der Waals surface area contributed by atoms with Crippen molar-refractivity contribution in [1.29, 1.82) is 0 Å². The lowest BCUT2D eigenvalue weighted by Gasteiger charge is -2.16. The van der Waals surface area contributed by atoms with E-state index in [0.29, 0.717) is 32.9 Å². The molecule has 2 aromatic rings. The number of nitrogens with zero attached hydrogens (tertiary/aromatic N) is 1. The van der Waals surface area contributed by atoms with Crippen LogP contribution in [0, 0.1) is 13.8 Å². The van der Waals surface area contributed by atoms with Crippen molar-refractivity contribution in [2.24, 2.45) is 4.99 Å². The minimum absolute atomic E-state index is 0.536. The summed E-state index contributed by atoms with van der Waals surface area (Å²) in [4.78, 5) is 4.32. The monoisotopic (exact) mass is 399 g/mol. The van der Waals surface area contributed by atoms with E-state index >= 15 is 0 Å². The molecule has 158 valence electrons. The van der Waals surface area contributed by atoms with Crippen LogP contribution in [0.5, 0.6) is 11.5 Å². The largest absolute Gasteiger partial charge is 0.496 e. The summed E-state index contributed by atoms with van der Waals surface area (Å²) in [6.45, 7) is 9.19. The molecule has 6 heteroatoms. The number of rotatable bonds is 10. The van der Waals surface area contributed by atoms with E-state index in [4.69, 9.17) is 14.2 Å². The molecular formula is C23H33N3O3. The smallest absolute Gasteiger partial charge is 0.191 e. The number of ether oxygens (including phenoxy) is 3. The Morgan fingerprint density at radius 3 is 2.45 bits per heavy atom. The van der Waals surface area contributed by atoms with Crippen molar-refractivity contribution in [2.75, 3.05) is 34.0 Å². The second-order valence-corrected chi connectivity index (χ2v) is 6.74. The molecule has 29 heavy (non-hydrogen) atoms. The van der Waals surface area contributed by atoms with E-state index in [-0.39, 0.29) is 0 Å². The zero-order valence-corrected chi connectivity index (χ0v) is 18.2. The highest BCUT2D eigenvalue weighted by Gasteiger charge is 2.07. The molecule has 2 rings (SSSR count). The highest BCUT2D eigenvalue weighted by molar-refractivity contribution is 5.79. The zero-order valence-electron chi connectivity index (χ0n) is 18.2. The molecule has 0 saturated carbocycles. The number of methoxy groups -OCH3 is 1. The van der Waals surface area contributed by atoms with Gasteiger partial charge in [-0.25, -0.2) is 0 Å². The van der Waals surface area contributed by atoms with Crippen molar-refractivity contribution in [3.05, 3.63) is 58.7 Å². The number of aryl methyl sites for hydroxylation is 2. The molecule has 0 radical (unpaired) electrons. The van der Waals surface area contributed by atoms with E-state index in [1.807, 2.05) is 19.9 Å². The second kappa shape index (κ2) is 12.0. The molecule has 0 aliphatic heterocycles. The Morgan fingerprint density at radius 1 is 0.966 bits per heavy atom. The van der Waals surface area contributed by atoms with Crippen LogP contribution in [-0.4, -0.2) is 39.9 Å². The zero-order chi connectivity index (χ0) is 21.1. The molecule has 6 nitrogen and oxygen atoms in total. The molecule has 2 N–H and O–H groups in total. The number of nitrogens with one attached hydrogen (secondary N) is 2. The molecule has 0 amide bonds. The first kappa shape index (κ1) is 22.6. The summed E-state index contributed by atoms with van der Waals surface area (Å²) in [5, 5.41) is 6.71. The van der Waals surface area contributed by atoms with Crippen molar-refractivity contribution in [3.63, 3.8) is 0 Å². The average molecular weight is 400 g/mol. The Balaban J connectivity index is 1.92. The van der Waals surface area contributed by atoms with Crippen LogP contribution in [0.2, 0.25) is 0 Å². The van der Waals surface area contributed by atoms with Crippen LogP contribution in [0.1, 0.15) is 29.2 Å². The Morgan fingerprint density at radius 2 is 1.76 bits per heavy atom. The van der Waals surface area contributed by atoms with Gasteiger partial charge in [0.05, 0.1) is 13.7 Å². The van der Waals surface area contributed by atoms with E-state index < -0.39 is 0 Å². The van der Waals surface area contributed by atoms with Gasteiger partial charge in [-0.3, -0.25) is 4.99 Å². The molecule has 0 spiro atoms. The van der Waals surface area contributed by atoms with E-state index in [1.54, 1.807) is 14.2 Å². The molecule has 0 aromatic heterocycles. The summed E-state index contributed by atoms with van der Waals surface area (Å²) < 4.78 is 16.6. The van der Waals surface area contributed by atoms with Crippen LogP contribution in [0.3, 0.4) is 0 Å². The first-order valence-electron chi connectivity index (χ1n) is 9.95. The van der Waals surface area contributed by atoms with Gasteiger partial charge >= 0.3 is 0 Å². The first-order valence-corrected chi connectivity index (χ1v) is 9.95. The third-order valence-corrected chi connectivity index (χ3v) is 4.50. The van der Waals surface area contributed by atoms with Gasteiger partial charge in [0.15, 0.2) is 5.96 Å². The van der Waals surface area contributed by atoms with Gasteiger partial charge in [-0.15, -0.1) is 0 Å². The Kier molecular flexibility index (Phi) is 9.31. The quantitative estimate of drug-likeness (QED) is 0.363. The van der Waals surface area contributed by atoms with Gasteiger partial charge in [0.1, 0.15) is 18.1 Å². The maximum Gasteiger partial charge on any atom is 0.191 e. The number of guanidine groups is 1. The molecule has 0 fully saturated rings. The van der Waals surface area contributed by atoms with Gasteiger partial charge < -0.3 is 24.8 Å². The van der Waals surface area contributed by atoms with Gasteiger partial charge in [-0.2, -0.15) is 0 Å². The topological polar surface area (TPSA) is 64.1 Å². The standard InChI is InChI=1S/C23H33N3O3/c1-6-28-11-12-29-22-13-17(2)7-9-20(22)16-26-23(24-4)25-15-19-8-10-21(27-5)18(3)14-19/h7-10,13-14H,6,11-12,15-16H2,1-5H3,(H2,24,25,26). The highest BCUT2D eigenvalue weighted by atomic mass is 16.5. The van der Waals surface area contributed by atoms with Crippen LogP contribution in [0.25, 0.3) is 0 Å². The molecule has 0 aliphatic carbocycles. The van der Waals surface area contributed by atoms with Crippen LogP contribution in [0.4, 0.5) is 0 Å². The Bertz CT molecular complexity index is 806. The van der Waals surface area contributed by atoms with E-state index in [2.05, 4.69) is 52.9 Å². The maximum absolute atomic E-state index is 5.91. The lowest BCUT2D eigenvalue weighted by Crippen LogP contribution is -2.36. The molecular weight excluding hydrogens is 366 g/mol. The number of hydrogen-bond donors (Lipinski definition) is 2. The third kappa shape index (κ3) is 7.31. The van der Waals surface area contributed by atoms with E-state index in [0.717, 1.165) is 34.1 Å². The lowest BCUT2D eigenvalue weighted by molar-refractivity contribution is 0.110. The van der Waals surface area contributed by atoms with Gasteiger partial charge in [0, 0.05) is 32.3 Å². The van der Waals surface area contributed by atoms with Crippen LogP contribution in [-0.2, 0) is 17.8 Å². The van der Waals surface area contributed by atoms with Gasteiger partial charge in [0.2, 0.25) is 0 Å². The Labute approximate surface area is 174 Å². The molecule has 0 unspecified atom stereocenters. The predicted molar refractivity (Wildman–Crippen MR) is 118 cm³/mol. The summed E-state index contributed by atoms with van der Waals surface area (Å²) in [6, 6.07) is 12.4. The van der Waals surface area contributed by atoms with Gasteiger partial charge in [0.25, 0.3) is 0 Å². The summed E-state index contributed by atoms with van der Waals surface area (Å²) in [5.41, 5.74) is 4.53. The second-order valence-electron chi connectivity index (χ2n) is 6.74. The van der Waals surface area contributed by atoms with Gasteiger partial charge in [-0.1, -0.05) is 24.3 Å². The molecule has 0 bridgehead atoms. The molecule has 0 heterocycles. The molecule has 0 aliphatic rings. The lowest BCUT2D eigenvalue weighted by atomic mass is 10.1. The van der Waals surface area contributed by atoms with Crippen LogP contribution < -0.4 is 20.1 Å². The van der Waals surface area contributed by atoms with Crippen molar-refractivity contribution >= 4 is 5.96 Å². The summed E-state index contributed by atoms with van der Waals surface area (Å²) in [6.07, 6.45) is 0. The number of benzene rings is 2. The van der Waals surface area contributed by atoms with E-state index in [9.17, 15) is 0 Å². The summed E-state index contributed by atoms with van der Waals surface area (Å²) in [5.74, 6) is 2.50. The van der Waals surface area contributed by atoms with Crippen LogP contribution in [0.15, 0.2) is 41.4 Å².